The first-order valence-corrected chi connectivity index (χ1v) is 4.58. The van der Waals surface area contributed by atoms with Crippen LogP contribution in [0.15, 0.2) is 18.5 Å². The highest BCUT2D eigenvalue weighted by molar-refractivity contribution is 5.18. The molecule has 1 N–H and O–H groups in total. The lowest BCUT2D eigenvalue weighted by molar-refractivity contribution is -0.0186. The van der Waals surface area contributed by atoms with E-state index in [0.717, 1.165) is 12.2 Å². The average Bonchev–Trinajstić information content (AvgIpc) is 2.58. The summed E-state index contributed by atoms with van der Waals surface area (Å²) in [5, 5.41) is 13.9. The second kappa shape index (κ2) is 3.10. The second-order valence-corrected chi connectivity index (χ2v) is 3.73. The number of aryl methyl sites for hydroxylation is 1. The largest absolute Gasteiger partial charge is 0.378 e. The Kier molecular flexibility index (Phi) is 2.11. The minimum absolute atomic E-state index is 0.0525. The van der Waals surface area contributed by atoms with E-state index < -0.39 is 11.5 Å². The van der Waals surface area contributed by atoms with E-state index in [4.69, 9.17) is 0 Å². The van der Waals surface area contributed by atoms with E-state index in [1.807, 2.05) is 0 Å². The summed E-state index contributed by atoms with van der Waals surface area (Å²) in [5.41, 5.74) is -1.42. The summed E-state index contributed by atoms with van der Waals surface area (Å²) in [6, 6.07) is 0. The fourth-order valence-electron chi connectivity index (χ4n) is 1.66. The van der Waals surface area contributed by atoms with Crippen molar-refractivity contribution in [2.75, 3.05) is 0 Å². The molecule has 0 saturated carbocycles. The van der Waals surface area contributed by atoms with Crippen LogP contribution in [0.25, 0.3) is 0 Å². The van der Waals surface area contributed by atoms with Gasteiger partial charge in [-0.25, -0.2) is 13.8 Å². The Balaban J connectivity index is 2.35. The zero-order chi connectivity index (χ0) is 11.1. The molecule has 6 heteroatoms. The predicted molar refractivity (Wildman–Crippen MR) is 48.2 cm³/mol. The molecule has 4 nitrogen and oxygen atoms in total. The molecule has 15 heavy (non-hydrogen) atoms. The molecule has 1 unspecified atom stereocenters. The lowest BCUT2D eigenvalue weighted by atomic mass is 9.88. The third kappa shape index (κ3) is 1.77. The average molecular weight is 215 g/mol. The molecule has 82 valence electrons. The number of hydrogen-bond donors (Lipinski definition) is 1. The Morgan fingerprint density at radius 3 is 2.60 bits per heavy atom. The molecule has 1 atom stereocenters. The summed E-state index contributed by atoms with van der Waals surface area (Å²) in [6.45, 7) is 0. The number of alkyl halides is 2. The fourth-order valence-corrected chi connectivity index (χ4v) is 1.66. The van der Waals surface area contributed by atoms with E-state index in [1.165, 1.54) is 11.0 Å². The first-order valence-electron chi connectivity index (χ1n) is 4.58. The summed E-state index contributed by atoms with van der Waals surface area (Å²) in [4.78, 5) is 3.86. The van der Waals surface area contributed by atoms with Gasteiger partial charge < -0.3 is 5.11 Å². The van der Waals surface area contributed by atoms with E-state index >= 15 is 0 Å². The molecular formula is C9H11F2N3O. The molecule has 1 aromatic heterocycles. The summed E-state index contributed by atoms with van der Waals surface area (Å²) >= 11 is 0. The van der Waals surface area contributed by atoms with Gasteiger partial charge in [0.15, 0.2) is 5.82 Å². The lowest BCUT2D eigenvalue weighted by Gasteiger charge is -2.29. The lowest BCUT2D eigenvalue weighted by Crippen LogP contribution is -2.34. The van der Waals surface area contributed by atoms with Crippen molar-refractivity contribution in [1.29, 1.82) is 0 Å². The molecule has 0 radical (unpaired) electrons. The van der Waals surface area contributed by atoms with E-state index in [1.54, 1.807) is 7.05 Å². The molecule has 0 saturated heterocycles. The maximum atomic E-state index is 12.8. The van der Waals surface area contributed by atoms with Crippen molar-refractivity contribution in [3.8, 4) is 0 Å². The SMILES string of the molecule is Cn1ncnc1C1(O)C=CC(F)(F)CC1. The number of aliphatic hydroxyl groups is 1. The molecule has 0 amide bonds. The smallest absolute Gasteiger partial charge is 0.266 e. The van der Waals surface area contributed by atoms with Crippen LogP contribution in [-0.2, 0) is 12.6 Å². The molecule has 0 aromatic carbocycles. The molecule has 1 aliphatic carbocycles. The van der Waals surface area contributed by atoms with Gasteiger partial charge in [-0.1, -0.05) is 0 Å². The van der Waals surface area contributed by atoms with Crippen molar-refractivity contribution in [2.45, 2.75) is 24.4 Å². The third-order valence-electron chi connectivity index (χ3n) is 2.54. The van der Waals surface area contributed by atoms with Crippen molar-refractivity contribution in [3.63, 3.8) is 0 Å². The predicted octanol–water partition coefficient (Wildman–Crippen LogP) is 0.988. The summed E-state index contributed by atoms with van der Waals surface area (Å²) in [5.74, 6) is -2.54. The number of nitrogens with zero attached hydrogens (tertiary/aromatic N) is 3. The van der Waals surface area contributed by atoms with Crippen LogP contribution in [0.5, 0.6) is 0 Å². The third-order valence-corrected chi connectivity index (χ3v) is 2.54. The van der Waals surface area contributed by atoms with Crippen LogP contribution < -0.4 is 0 Å². The molecule has 1 aliphatic rings. The van der Waals surface area contributed by atoms with E-state index in [0.29, 0.717) is 0 Å². The Labute approximate surface area is 85.2 Å². The van der Waals surface area contributed by atoms with Gasteiger partial charge in [0.1, 0.15) is 11.9 Å². The van der Waals surface area contributed by atoms with Crippen molar-refractivity contribution in [1.82, 2.24) is 14.8 Å². The molecule has 1 aromatic rings. The van der Waals surface area contributed by atoms with Gasteiger partial charge in [-0.15, -0.1) is 0 Å². The molecule has 0 spiro atoms. The highest BCUT2D eigenvalue weighted by Crippen LogP contribution is 2.37. The minimum atomic E-state index is -2.83. The van der Waals surface area contributed by atoms with Crippen LogP contribution in [0.3, 0.4) is 0 Å². The first kappa shape index (κ1) is 10.2. The number of hydrogen-bond acceptors (Lipinski definition) is 3. The highest BCUT2D eigenvalue weighted by Gasteiger charge is 2.40. The van der Waals surface area contributed by atoms with Gasteiger partial charge in [0.05, 0.1) is 0 Å². The first-order chi connectivity index (χ1) is 6.93. The van der Waals surface area contributed by atoms with Crippen molar-refractivity contribution >= 4 is 0 Å². The Morgan fingerprint density at radius 2 is 2.13 bits per heavy atom. The second-order valence-electron chi connectivity index (χ2n) is 3.73. The standard InChI is InChI=1S/C9H11F2N3O/c1-14-7(12-6-13-14)8(15)2-4-9(10,11)5-3-8/h2,4,6,15H,3,5H2,1H3. The number of allylic oxidation sites excluding steroid dienone is 1. The molecule has 1 heterocycles. The maximum Gasteiger partial charge on any atom is 0.266 e. The van der Waals surface area contributed by atoms with Gasteiger partial charge >= 0.3 is 0 Å². The molecule has 0 aliphatic heterocycles. The van der Waals surface area contributed by atoms with Crippen LogP contribution in [0, 0.1) is 0 Å². The molecule has 0 fully saturated rings. The molecule has 0 bridgehead atoms. The normalized spacial score (nSPS) is 29.3. The highest BCUT2D eigenvalue weighted by atomic mass is 19.3. The summed E-state index contributed by atoms with van der Waals surface area (Å²) < 4.78 is 27.1. The van der Waals surface area contributed by atoms with E-state index in [9.17, 15) is 13.9 Å². The maximum absolute atomic E-state index is 12.8. The Morgan fingerprint density at radius 1 is 1.40 bits per heavy atom. The summed E-state index contributed by atoms with van der Waals surface area (Å²) in [7, 11) is 1.61. The van der Waals surface area contributed by atoms with Crippen molar-refractivity contribution < 1.29 is 13.9 Å². The van der Waals surface area contributed by atoms with Crippen LogP contribution in [-0.4, -0.2) is 25.8 Å². The summed E-state index contributed by atoms with van der Waals surface area (Å²) in [6.07, 6.45) is 2.68. The minimum Gasteiger partial charge on any atom is -0.378 e. The molecular weight excluding hydrogens is 204 g/mol. The van der Waals surface area contributed by atoms with Crippen LogP contribution in [0.2, 0.25) is 0 Å². The van der Waals surface area contributed by atoms with Gasteiger partial charge in [0.2, 0.25) is 0 Å². The topological polar surface area (TPSA) is 50.9 Å². The monoisotopic (exact) mass is 215 g/mol. The van der Waals surface area contributed by atoms with Gasteiger partial charge in [-0.3, -0.25) is 4.68 Å². The number of rotatable bonds is 1. The van der Waals surface area contributed by atoms with Gasteiger partial charge in [-0.05, 0) is 18.6 Å². The Hall–Kier alpha value is -1.30. The van der Waals surface area contributed by atoms with Crippen molar-refractivity contribution in [3.05, 3.63) is 24.3 Å². The zero-order valence-electron chi connectivity index (χ0n) is 8.19. The fraction of sp³-hybridized carbons (Fsp3) is 0.556. The van der Waals surface area contributed by atoms with Crippen LogP contribution >= 0.6 is 0 Å². The van der Waals surface area contributed by atoms with E-state index in [-0.39, 0.29) is 18.7 Å². The van der Waals surface area contributed by atoms with Gasteiger partial charge in [-0.2, -0.15) is 5.10 Å². The van der Waals surface area contributed by atoms with Gasteiger partial charge in [0.25, 0.3) is 5.92 Å². The quantitative estimate of drug-likeness (QED) is 0.711. The number of aromatic nitrogens is 3. The number of halogens is 2. The van der Waals surface area contributed by atoms with Crippen LogP contribution in [0.1, 0.15) is 18.7 Å². The van der Waals surface area contributed by atoms with Crippen molar-refractivity contribution in [2.24, 2.45) is 7.05 Å². The molecule has 2 rings (SSSR count). The zero-order valence-corrected chi connectivity index (χ0v) is 8.19. The Bertz CT molecular complexity index is 402. The van der Waals surface area contributed by atoms with Gasteiger partial charge in [0, 0.05) is 13.5 Å². The van der Waals surface area contributed by atoms with Crippen LogP contribution in [0.4, 0.5) is 8.78 Å². The van der Waals surface area contributed by atoms with E-state index in [2.05, 4.69) is 10.1 Å².